The smallest absolute Gasteiger partial charge is 0.252 e. The topological polar surface area (TPSA) is 84.4 Å². The summed E-state index contributed by atoms with van der Waals surface area (Å²) in [7, 11) is 0. The third kappa shape index (κ3) is 5.29. The number of nitrogens with zero attached hydrogens (tertiary/aromatic N) is 3. The lowest BCUT2D eigenvalue weighted by Gasteiger charge is -2.32. The Balaban J connectivity index is 1.32. The van der Waals surface area contributed by atoms with E-state index < -0.39 is 0 Å². The lowest BCUT2D eigenvalue weighted by atomic mass is 10.1. The number of pyridine rings is 2. The van der Waals surface area contributed by atoms with Gasteiger partial charge >= 0.3 is 0 Å². The maximum absolute atomic E-state index is 13.4. The largest absolute Gasteiger partial charge is 0.365 e. The first-order chi connectivity index (χ1) is 15.1. The molecule has 2 aromatic heterocycles. The summed E-state index contributed by atoms with van der Waals surface area (Å²) in [5.74, 6) is -0.746. The zero-order valence-electron chi connectivity index (χ0n) is 16.7. The molecule has 1 unspecified atom stereocenters. The number of halogens is 1. The van der Waals surface area contributed by atoms with Crippen LogP contribution in [-0.2, 0) is 16.1 Å². The molecule has 1 atom stereocenters. The Kier molecular flexibility index (Phi) is 6.28. The summed E-state index contributed by atoms with van der Waals surface area (Å²) in [6.45, 7) is 0.999. The number of hydrogen-bond acceptors (Lipinski definition) is 5. The second-order valence-corrected chi connectivity index (χ2v) is 7.18. The number of carbonyl (C=O) groups is 2. The van der Waals surface area contributed by atoms with Gasteiger partial charge in [0.1, 0.15) is 12.4 Å². The minimum Gasteiger partial charge on any atom is -0.365 e. The van der Waals surface area contributed by atoms with E-state index in [2.05, 4.69) is 15.3 Å². The monoisotopic (exact) mass is 420 g/mol. The highest BCUT2D eigenvalue weighted by Crippen LogP contribution is 2.18. The SMILES string of the molecule is O=C(NCC1CN(Cc2ccccn2)C(=O)CO1)c1ccc(-c2cccc(F)c2)nc1. The lowest BCUT2D eigenvalue weighted by Crippen LogP contribution is -2.50. The number of amides is 2. The van der Waals surface area contributed by atoms with Gasteiger partial charge in [-0.3, -0.25) is 19.6 Å². The van der Waals surface area contributed by atoms with Crippen LogP contribution < -0.4 is 5.32 Å². The van der Waals surface area contributed by atoms with Crippen molar-refractivity contribution < 1.29 is 18.7 Å². The third-order valence-corrected chi connectivity index (χ3v) is 4.93. The average molecular weight is 420 g/mol. The summed E-state index contributed by atoms with van der Waals surface area (Å²) in [6.07, 6.45) is 2.82. The molecule has 2 amide bonds. The minimum atomic E-state index is -0.343. The van der Waals surface area contributed by atoms with Crippen LogP contribution in [0.4, 0.5) is 4.39 Å². The molecule has 0 bridgehead atoms. The first-order valence-corrected chi connectivity index (χ1v) is 9.88. The summed E-state index contributed by atoms with van der Waals surface area (Å²) in [6, 6.07) is 15.0. The zero-order chi connectivity index (χ0) is 21.6. The predicted octanol–water partition coefficient (Wildman–Crippen LogP) is 2.44. The normalized spacial score (nSPS) is 16.2. The van der Waals surface area contributed by atoms with Gasteiger partial charge in [0.05, 0.1) is 29.6 Å². The molecule has 1 aliphatic heterocycles. The van der Waals surface area contributed by atoms with Crippen molar-refractivity contribution in [2.75, 3.05) is 19.7 Å². The van der Waals surface area contributed by atoms with Gasteiger partial charge in [-0.1, -0.05) is 18.2 Å². The van der Waals surface area contributed by atoms with Crippen molar-refractivity contribution in [3.8, 4) is 11.3 Å². The molecule has 31 heavy (non-hydrogen) atoms. The number of hydrogen-bond donors (Lipinski definition) is 1. The highest BCUT2D eigenvalue weighted by molar-refractivity contribution is 5.94. The van der Waals surface area contributed by atoms with E-state index in [0.29, 0.717) is 29.9 Å². The quantitative estimate of drug-likeness (QED) is 0.662. The first-order valence-electron chi connectivity index (χ1n) is 9.88. The van der Waals surface area contributed by atoms with Crippen LogP contribution in [0.2, 0.25) is 0 Å². The second-order valence-electron chi connectivity index (χ2n) is 7.18. The van der Waals surface area contributed by atoms with Crippen LogP contribution in [0.3, 0.4) is 0 Å². The summed E-state index contributed by atoms with van der Waals surface area (Å²) < 4.78 is 18.9. The van der Waals surface area contributed by atoms with Crippen LogP contribution in [0.1, 0.15) is 16.1 Å². The Labute approximate surface area is 178 Å². The number of morpholine rings is 1. The van der Waals surface area contributed by atoms with Gasteiger partial charge in [-0.25, -0.2) is 4.39 Å². The van der Waals surface area contributed by atoms with Crippen molar-refractivity contribution in [1.29, 1.82) is 0 Å². The molecule has 3 heterocycles. The highest BCUT2D eigenvalue weighted by Gasteiger charge is 2.27. The van der Waals surface area contributed by atoms with Crippen molar-refractivity contribution in [2.24, 2.45) is 0 Å². The molecule has 0 radical (unpaired) electrons. The van der Waals surface area contributed by atoms with E-state index in [1.807, 2.05) is 18.2 Å². The van der Waals surface area contributed by atoms with Crippen LogP contribution >= 0.6 is 0 Å². The Morgan fingerprint density at radius 3 is 2.81 bits per heavy atom. The van der Waals surface area contributed by atoms with Gasteiger partial charge in [-0.2, -0.15) is 0 Å². The number of benzene rings is 1. The molecule has 1 fully saturated rings. The van der Waals surface area contributed by atoms with Gasteiger partial charge in [-0.05, 0) is 36.4 Å². The molecule has 3 aromatic rings. The maximum Gasteiger partial charge on any atom is 0.252 e. The zero-order valence-corrected chi connectivity index (χ0v) is 16.7. The molecule has 7 nitrogen and oxygen atoms in total. The predicted molar refractivity (Wildman–Crippen MR) is 111 cm³/mol. The van der Waals surface area contributed by atoms with Crippen molar-refractivity contribution in [1.82, 2.24) is 20.2 Å². The fourth-order valence-corrected chi connectivity index (χ4v) is 3.30. The van der Waals surface area contributed by atoms with Crippen molar-refractivity contribution in [3.05, 3.63) is 84.1 Å². The highest BCUT2D eigenvalue weighted by atomic mass is 19.1. The van der Waals surface area contributed by atoms with E-state index in [1.54, 1.807) is 35.4 Å². The van der Waals surface area contributed by atoms with Gasteiger partial charge in [0.2, 0.25) is 5.91 Å². The Morgan fingerprint density at radius 2 is 2.06 bits per heavy atom. The molecular formula is C23H21FN4O3. The number of carbonyl (C=O) groups excluding carboxylic acids is 2. The third-order valence-electron chi connectivity index (χ3n) is 4.93. The van der Waals surface area contributed by atoms with Crippen LogP contribution in [0, 0.1) is 5.82 Å². The Hall–Kier alpha value is -3.65. The van der Waals surface area contributed by atoms with Gasteiger partial charge in [-0.15, -0.1) is 0 Å². The standard InChI is InChI=1S/C23H21FN4O3/c24-18-5-3-4-16(10-18)21-8-7-17(11-26-21)23(30)27-12-20-14-28(22(29)15-31-20)13-19-6-1-2-9-25-19/h1-11,20H,12-15H2,(H,27,30). The number of aromatic nitrogens is 2. The van der Waals surface area contributed by atoms with Crippen LogP contribution in [-0.4, -0.2) is 52.5 Å². The van der Waals surface area contributed by atoms with Crippen LogP contribution in [0.5, 0.6) is 0 Å². The van der Waals surface area contributed by atoms with E-state index in [0.717, 1.165) is 5.69 Å². The summed E-state index contributed by atoms with van der Waals surface area (Å²) in [5, 5.41) is 2.82. The molecule has 4 rings (SSSR count). The van der Waals surface area contributed by atoms with Crippen molar-refractivity contribution in [3.63, 3.8) is 0 Å². The van der Waals surface area contributed by atoms with E-state index in [1.165, 1.54) is 18.3 Å². The summed E-state index contributed by atoms with van der Waals surface area (Å²) in [4.78, 5) is 34.8. The molecule has 8 heteroatoms. The van der Waals surface area contributed by atoms with Gasteiger partial charge in [0.15, 0.2) is 0 Å². The number of rotatable bonds is 6. The Morgan fingerprint density at radius 1 is 1.16 bits per heavy atom. The first kappa shape index (κ1) is 20.6. The van der Waals surface area contributed by atoms with Crippen molar-refractivity contribution >= 4 is 11.8 Å². The van der Waals surface area contributed by atoms with Crippen LogP contribution in [0.25, 0.3) is 11.3 Å². The molecule has 1 saturated heterocycles. The summed E-state index contributed by atoms with van der Waals surface area (Å²) in [5.41, 5.74) is 2.40. The fourth-order valence-electron chi connectivity index (χ4n) is 3.30. The second kappa shape index (κ2) is 9.44. The van der Waals surface area contributed by atoms with E-state index in [9.17, 15) is 14.0 Å². The maximum atomic E-state index is 13.4. The molecule has 158 valence electrons. The molecule has 1 N–H and O–H groups in total. The summed E-state index contributed by atoms with van der Waals surface area (Å²) >= 11 is 0. The Bertz CT molecular complexity index is 1060. The van der Waals surface area contributed by atoms with Gasteiger partial charge < -0.3 is 15.0 Å². The molecule has 1 aromatic carbocycles. The van der Waals surface area contributed by atoms with Gasteiger partial charge in [0, 0.05) is 31.0 Å². The van der Waals surface area contributed by atoms with E-state index in [4.69, 9.17) is 4.74 Å². The average Bonchev–Trinajstić information content (AvgIpc) is 2.80. The fraction of sp³-hybridized carbons (Fsp3) is 0.217. The van der Waals surface area contributed by atoms with Gasteiger partial charge in [0.25, 0.3) is 5.91 Å². The molecule has 0 aliphatic carbocycles. The molecule has 0 saturated carbocycles. The molecule has 1 aliphatic rings. The molecular weight excluding hydrogens is 399 g/mol. The number of ether oxygens (including phenoxy) is 1. The number of nitrogens with one attached hydrogen (secondary N) is 1. The lowest BCUT2D eigenvalue weighted by molar-refractivity contribution is -0.149. The van der Waals surface area contributed by atoms with Crippen LogP contribution in [0.15, 0.2) is 67.0 Å². The minimum absolute atomic E-state index is 0.0305. The van der Waals surface area contributed by atoms with Crippen molar-refractivity contribution in [2.45, 2.75) is 12.6 Å². The van der Waals surface area contributed by atoms with E-state index in [-0.39, 0.29) is 36.9 Å². The molecule has 0 spiro atoms. The van der Waals surface area contributed by atoms with E-state index >= 15 is 0 Å².